The standard InChI is InChI=1S/C12H13NO2/c1-8(2)13-6-9(7-14)11-5-10(15)3-4-12(11)13/h3-8,15H,1-2H3. The van der Waals surface area contributed by atoms with Crippen molar-refractivity contribution in [2.75, 3.05) is 0 Å². The monoisotopic (exact) mass is 203 g/mol. The van der Waals surface area contributed by atoms with Crippen molar-refractivity contribution < 1.29 is 9.90 Å². The van der Waals surface area contributed by atoms with Crippen molar-refractivity contribution in [3.05, 3.63) is 30.0 Å². The van der Waals surface area contributed by atoms with Crippen LogP contribution < -0.4 is 0 Å². The van der Waals surface area contributed by atoms with Gasteiger partial charge in [-0.05, 0) is 32.0 Å². The van der Waals surface area contributed by atoms with Crippen LogP contribution in [0.3, 0.4) is 0 Å². The van der Waals surface area contributed by atoms with Crippen molar-refractivity contribution in [2.24, 2.45) is 0 Å². The SMILES string of the molecule is CC(C)n1cc(C=O)c2cc(O)ccc21. The number of carbonyl (C=O) groups is 1. The molecule has 15 heavy (non-hydrogen) atoms. The van der Waals surface area contributed by atoms with Crippen LogP contribution in [0, 0.1) is 0 Å². The summed E-state index contributed by atoms with van der Waals surface area (Å²) in [5.41, 5.74) is 1.60. The molecule has 0 bridgehead atoms. The molecule has 0 saturated carbocycles. The Bertz CT molecular complexity index is 512. The molecule has 3 heteroatoms. The fraction of sp³-hybridized carbons (Fsp3) is 0.250. The van der Waals surface area contributed by atoms with Crippen LogP contribution in [0.5, 0.6) is 5.75 Å². The molecule has 0 fully saturated rings. The Morgan fingerprint density at radius 3 is 2.73 bits per heavy atom. The van der Waals surface area contributed by atoms with Crippen LogP contribution in [-0.4, -0.2) is 16.0 Å². The zero-order valence-electron chi connectivity index (χ0n) is 8.77. The highest BCUT2D eigenvalue weighted by Gasteiger charge is 2.10. The Balaban J connectivity index is 2.80. The molecule has 1 heterocycles. The van der Waals surface area contributed by atoms with Gasteiger partial charge in [0.25, 0.3) is 0 Å². The quantitative estimate of drug-likeness (QED) is 0.762. The molecular formula is C12H13NO2. The van der Waals surface area contributed by atoms with Crippen LogP contribution in [0.25, 0.3) is 10.9 Å². The van der Waals surface area contributed by atoms with Gasteiger partial charge in [0.2, 0.25) is 0 Å². The van der Waals surface area contributed by atoms with E-state index in [0.29, 0.717) is 11.6 Å². The molecule has 0 aliphatic carbocycles. The third-order valence-corrected chi connectivity index (χ3v) is 2.53. The van der Waals surface area contributed by atoms with Gasteiger partial charge in [-0.2, -0.15) is 0 Å². The molecule has 0 unspecified atom stereocenters. The molecule has 0 saturated heterocycles. The highest BCUT2D eigenvalue weighted by atomic mass is 16.3. The van der Waals surface area contributed by atoms with E-state index in [2.05, 4.69) is 13.8 Å². The summed E-state index contributed by atoms with van der Waals surface area (Å²) in [5.74, 6) is 0.187. The number of phenolic OH excluding ortho intramolecular Hbond substituents is 1. The third-order valence-electron chi connectivity index (χ3n) is 2.53. The van der Waals surface area contributed by atoms with Crippen LogP contribution >= 0.6 is 0 Å². The number of aromatic hydroxyl groups is 1. The predicted molar refractivity (Wildman–Crippen MR) is 59.4 cm³/mol. The molecule has 0 atom stereocenters. The smallest absolute Gasteiger partial charge is 0.152 e. The minimum absolute atomic E-state index is 0.187. The van der Waals surface area contributed by atoms with E-state index < -0.39 is 0 Å². The van der Waals surface area contributed by atoms with Crippen molar-refractivity contribution in [3.63, 3.8) is 0 Å². The predicted octanol–water partition coefficient (Wildman–Crippen LogP) is 2.74. The maximum Gasteiger partial charge on any atom is 0.152 e. The van der Waals surface area contributed by atoms with Crippen molar-refractivity contribution in [3.8, 4) is 5.75 Å². The molecule has 0 aliphatic heterocycles. The minimum atomic E-state index is 0.187. The maximum atomic E-state index is 10.9. The number of aldehydes is 1. The number of rotatable bonds is 2. The maximum absolute atomic E-state index is 10.9. The summed E-state index contributed by atoms with van der Waals surface area (Å²) < 4.78 is 2.03. The normalized spacial score (nSPS) is 11.1. The van der Waals surface area contributed by atoms with E-state index in [1.807, 2.05) is 16.8 Å². The Hall–Kier alpha value is -1.77. The van der Waals surface area contributed by atoms with Crippen molar-refractivity contribution in [1.82, 2.24) is 4.57 Å². The van der Waals surface area contributed by atoms with Gasteiger partial charge in [0.05, 0.1) is 0 Å². The summed E-state index contributed by atoms with van der Waals surface area (Å²) in [5, 5.41) is 10.2. The van der Waals surface area contributed by atoms with Gasteiger partial charge >= 0.3 is 0 Å². The topological polar surface area (TPSA) is 42.2 Å². The first-order chi connectivity index (χ1) is 7.13. The summed E-state index contributed by atoms with van der Waals surface area (Å²) in [7, 11) is 0. The Labute approximate surface area is 87.9 Å². The zero-order valence-corrected chi connectivity index (χ0v) is 8.77. The fourth-order valence-corrected chi connectivity index (χ4v) is 1.79. The first kappa shape index (κ1) is 9.77. The van der Waals surface area contributed by atoms with E-state index in [4.69, 9.17) is 0 Å². The molecule has 1 aromatic heterocycles. The first-order valence-corrected chi connectivity index (χ1v) is 4.92. The molecule has 1 N–H and O–H groups in total. The number of hydrogen-bond donors (Lipinski definition) is 1. The van der Waals surface area contributed by atoms with Crippen LogP contribution in [0.15, 0.2) is 24.4 Å². The third kappa shape index (κ3) is 1.50. The van der Waals surface area contributed by atoms with E-state index in [9.17, 15) is 9.90 Å². The molecule has 2 aromatic rings. The lowest BCUT2D eigenvalue weighted by molar-refractivity contribution is 0.112. The number of phenols is 1. The zero-order chi connectivity index (χ0) is 11.0. The van der Waals surface area contributed by atoms with Crippen molar-refractivity contribution in [1.29, 1.82) is 0 Å². The van der Waals surface area contributed by atoms with Gasteiger partial charge in [0.1, 0.15) is 5.75 Å². The second-order valence-electron chi connectivity index (χ2n) is 3.90. The lowest BCUT2D eigenvalue weighted by Gasteiger charge is -2.08. The number of hydrogen-bond acceptors (Lipinski definition) is 2. The van der Waals surface area contributed by atoms with Gasteiger partial charge in [-0.3, -0.25) is 4.79 Å². The van der Waals surface area contributed by atoms with E-state index in [0.717, 1.165) is 17.2 Å². The summed E-state index contributed by atoms with van der Waals surface area (Å²) in [6.07, 6.45) is 2.64. The van der Waals surface area contributed by atoms with E-state index in [-0.39, 0.29) is 5.75 Å². The molecule has 0 amide bonds. The van der Waals surface area contributed by atoms with Gasteiger partial charge < -0.3 is 9.67 Å². The highest BCUT2D eigenvalue weighted by Crippen LogP contribution is 2.26. The first-order valence-electron chi connectivity index (χ1n) is 4.92. The molecule has 1 aromatic carbocycles. The number of nitrogens with zero attached hydrogens (tertiary/aromatic N) is 1. The number of fused-ring (bicyclic) bond motifs is 1. The fourth-order valence-electron chi connectivity index (χ4n) is 1.79. The lowest BCUT2D eigenvalue weighted by Crippen LogP contribution is -1.97. The number of carbonyl (C=O) groups excluding carboxylic acids is 1. The average molecular weight is 203 g/mol. The van der Waals surface area contributed by atoms with Crippen molar-refractivity contribution in [2.45, 2.75) is 19.9 Å². The average Bonchev–Trinajstić information content (AvgIpc) is 2.55. The number of benzene rings is 1. The highest BCUT2D eigenvalue weighted by molar-refractivity contribution is 5.98. The summed E-state index contributed by atoms with van der Waals surface area (Å²) in [4.78, 5) is 10.9. The van der Waals surface area contributed by atoms with Crippen molar-refractivity contribution >= 4 is 17.2 Å². The van der Waals surface area contributed by atoms with Gasteiger partial charge in [0.15, 0.2) is 6.29 Å². The van der Waals surface area contributed by atoms with E-state index in [1.165, 1.54) is 0 Å². The van der Waals surface area contributed by atoms with Gasteiger partial charge in [-0.25, -0.2) is 0 Å². The molecule has 2 rings (SSSR count). The number of aromatic nitrogens is 1. The molecule has 0 radical (unpaired) electrons. The summed E-state index contributed by atoms with van der Waals surface area (Å²) in [6, 6.07) is 5.39. The molecular weight excluding hydrogens is 190 g/mol. The van der Waals surface area contributed by atoms with Gasteiger partial charge in [-0.1, -0.05) is 0 Å². The molecule has 78 valence electrons. The Morgan fingerprint density at radius 1 is 1.40 bits per heavy atom. The van der Waals surface area contributed by atoms with Crippen LogP contribution in [0.1, 0.15) is 30.2 Å². The molecule has 0 spiro atoms. The van der Waals surface area contributed by atoms with Crippen LogP contribution in [-0.2, 0) is 0 Å². The second-order valence-corrected chi connectivity index (χ2v) is 3.90. The molecule has 0 aliphatic rings. The van der Waals surface area contributed by atoms with Gasteiger partial charge in [-0.15, -0.1) is 0 Å². The second kappa shape index (κ2) is 3.42. The van der Waals surface area contributed by atoms with Gasteiger partial charge in [0, 0.05) is 28.7 Å². The van der Waals surface area contributed by atoms with E-state index in [1.54, 1.807) is 12.1 Å². The lowest BCUT2D eigenvalue weighted by atomic mass is 10.2. The molecule has 3 nitrogen and oxygen atoms in total. The largest absolute Gasteiger partial charge is 0.508 e. The summed E-state index contributed by atoms with van der Waals surface area (Å²) in [6.45, 7) is 4.11. The Kier molecular flexibility index (Phi) is 2.23. The summed E-state index contributed by atoms with van der Waals surface area (Å²) >= 11 is 0. The Morgan fingerprint density at radius 2 is 2.13 bits per heavy atom. The minimum Gasteiger partial charge on any atom is -0.508 e. The van der Waals surface area contributed by atoms with Crippen LogP contribution in [0.4, 0.5) is 0 Å². The van der Waals surface area contributed by atoms with Crippen LogP contribution in [0.2, 0.25) is 0 Å². The van der Waals surface area contributed by atoms with E-state index >= 15 is 0 Å².